The fourth-order valence-electron chi connectivity index (χ4n) is 4.60. The molecule has 5 nitrogen and oxygen atoms in total. The predicted octanol–water partition coefficient (Wildman–Crippen LogP) is 5.16. The van der Waals surface area contributed by atoms with Crippen molar-refractivity contribution in [2.75, 3.05) is 42.9 Å². The van der Waals surface area contributed by atoms with Crippen LogP contribution in [0.4, 0.5) is 16.2 Å². The van der Waals surface area contributed by atoms with Crippen molar-refractivity contribution in [1.29, 1.82) is 0 Å². The molecule has 0 spiro atoms. The molecule has 2 N–H and O–H groups in total. The van der Waals surface area contributed by atoms with Crippen LogP contribution < -0.4 is 15.5 Å². The zero-order chi connectivity index (χ0) is 21.5. The van der Waals surface area contributed by atoms with Crippen molar-refractivity contribution in [2.24, 2.45) is 0 Å². The van der Waals surface area contributed by atoms with Crippen LogP contribution in [0.1, 0.15) is 37.7 Å². The van der Waals surface area contributed by atoms with Crippen molar-refractivity contribution in [3.8, 4) is 0 Å². The minimum atomic E-state index is -0.136. The van der Waals surface area contributed by atoms with E-state index >= 15 is 0 Å². The summed E-state index contributed by atoms with van der Waals surface area (Å²) in [7, 11) is 0. The Morgan fingerprint density at radius 1 is 0.968 bits per heavy atom. The quantitative estimate of drug-likeness (QED) is 0.652. The average Bonchev–Trinajstić information content (AvgIpc) is 2.80. The summed E-state index contributed by atoms with van der Waals surface area (Å²) in [5.41, 5.74) is 3.25. The summed E-state index contributed by atoms with van der Waals surface area (Å²) in [5, 5.41) is 6.88. The number of amides is 2. The molecule has 2 aliphatic heterocycles. The summed E-state index contributed by atoms with van der Waals surface area (Å²) in [6, 6.07) is 16.5. The van der Waals surface area contributed by atoms with E-state index in [2.05, 4.69) is 50.8 Å². The highest BCUT2D eigenvalue weighted by molar-refractivity contribution is 6.31. The molecule has 166 valence electrons. The van der Waals surface area contributed by atoms with E-state index in [0.717, 1.165) is 63.4 Å². The van der Waals surface area contributed by atoms with Gasteiger partial charge in [-0.2, -0.15) is 0 Å². The summed E-state index contributed by atoms with van der Waals surface area (Å²) in [6.07, 6.45) is 6.70. The number of piperidine rings is 2. The van der Waals surface area contributed by atoms with E-state index in [0.29, 0.717) is 5.02 Å². The van der Waals surface area contributed by atoms with Crippen LogP contribution in [0.5, 0.6) is 0 Å². The third-order valence-electron chi connectivity index (χ3n) is 6.39. The molecular weight excluding hydrogens is 408 g/mol. The fraction of sp³-hybridized carbons (Fsp3) is 0.480. The van der Waals surface area contributed by atoms with Crippen molar-refractivity contribution in [3.05, 3.63) is 59.1 Å². The van der Waals surface area contributed by atoms with Crippen molar-refractivity contribution in [2.45, 2.75) is 44.6 Å². The first-order chi connectivity index (χ1) is 15.2. The first kappa shape index (κ1) is 22.0. The third-order valence-corrected chi connectivity index (χ3v) is 6.62. The van der Waals surface area contributed by atoms with Gasteiger partial charge in [0.1, 0.15) is 0 Å². The summed E-state index contributed by atoms with van der Waals surface area (Å²) in [4.78, 5) is 17.6. The van der Waals surface area contributed by atoms with E-state index in [1.165, 1.54) is 24.8 Å². The minimum absolute atomic E-state index is 0.136. The number of nitrogens with one attached hydrogen (secondary N) is 2. The molecule has 2 amide bonds. The molecule has 2 aromatic rings. The first-order valence-electron chi connectivity index (χ1n) is 11.6. The molecule has 6 heteroatoms. The van der Waals surface area contributed by atoms with Gasteiger partial charge in [0.15, 0.2) is 0 Å². The molecule has 0 radical (unpaired) electrons. The number of likely N-dealkylation sites (tertiary alicyclic amines) is 1. The summed E-state index contributed by atoms with van der Waals surface area (Å²) >= 11 is 6.23. The maximum absolute atomic E-state index is 12.7. The average molecular weight is 441 g/mol. The van der Waals surface area contributed by atoms with Crippen LogP contribution in [0.2, 0.25) is 5.02 Å². The molecular formula is C25H33ClN4O. The summed E-state index contributed by atoms with van der Waals surface area (Å²) in [6.45, 7) is 5.17. The molecule has 4 rings (SSSR count). The summed E-state index contributed by atoms with van der Waals surface area (Å²) < 4.78 is 0. The maximum Gasteiger partial charge on any atom is 0.319 e. The second-order valence-corrected chi connectivity index (χ2v) is 9.10. The van der Waals surface area contributed by atoms with E-state index in [1.807, 2.05) is 18.2 Å². The first-order valence-corrected chi connectivity index (χ1v) is 11.9. The highest BCUT2D eigenvalue weighted by Gasteiger charge is 2.22. The van der Waals surface area contributed by atoms with Gasteiger partial charge in [0.05, 0.1) is 11.4 Å². The van der Waals surface area contributed by atoms with Gasteiger partial charge in [-0.05, 0) is 62.3 Å². The van der Waals surface area contributed by atoms with Crippen molar-refractivity contribution in [1.82, 2.24) is 10.2 Å². The molecule has 0 saturated carbocycles. The number of carbonyl (C=O) groups excluding carboxylic acids is 1. The van der Waals surface area contributed by atoms with E-state index in [-0.39, 0.29) is 12.1 Å². The Bertz CT molecular complexity index is 846. The number of benzene rings is 2. The van der Waals surface area contributed by atoms with Crippen LogP contribution in [0.3, 0.4) is 0 Å². The highest BCUT2D eigenvalue weighted by atomic mass is 35.5. The molecule has 2 saturated heterocycles. The van der Waals surface area contributed by atoms with Crippen LogP contribution in [-0.4, -0.2) is 49.7 Å². The number of carbonyl (C=O) groups is 1. The normalized spacial score (nSPS) is 18.0. The zero-order valence-corrected chi connectivity index (χ0v) is 18.9. The Morgan fingerprint density at radius 3 is 2.45 bits per heavy atom. The lowest BCUT2D eigenvalue weighted by molar-refractivity contribution is 0.197. The Morgan fingerprint density at radius 2 is 1.71 bits per heavy atom. The lowest BCUT2D eigenvalue weighted by atomic mass is 10.0. The Balaban J connectivity index is 1.25. The van der Waals surface area contributed by atoms with Gasteiger partial charge in [-0.1, -0.05) is 41.9 Å². The molecule has 2 aromatic carbocycles. The van der Waals surface area contributed by atoms with Gasteiger partial charge < -0.3 is 20.4 Å². The fourth-order valence-corrected chi connectivity index (χ4v) is 4.77. The van der Waals surface area contributed by atoms with Crippen LogP contribution in [0.25, 0.3) is 0 Å². The Kier molecular flexibility index (Phi) is 7.71. The Hall–Kier alpha value is -2.24. The molecule has 0 aromatic heterocycles. The Labute approximate surface area is 190 Å². The molecule has 2 aliphatic rings. The number of nitrogens with zero attached hydrogens (tertiary/aromatic N) is 2. The number of hydrogen-bond donors (Lipinski definition) is 2. The van der Waals surface area contributed by atoms with Crippen molar-refractivity contribution >= 4 is 29.0 Å². The van der Waals surface area contributed by atoms with Crippen molar-refractivity contribution < 1.29 is 4.79 Å². The molecule has 0 unspecified atom stereocenters. The van der Waals surface area contributed by atoms with Gasteiger partial charge in [0, 0.05) is 43.8 Å². The molecule has 2 fully saturated rings. The number of hydrogen-bond acceptors (Lipinski definition) is 3. The molecule has 0 aliphatic carbocycles. The molecule has 0 bridgehead atoms. The molecule has 31 heavy (non-hydrogen) atoms. The second kappa shape index (κ2) is 10.9. The maximum atomic E-state index is 12.7. The van der Waals surface area contributed by atoms with Gasteiger partial charge in [-0.15, -0.1) is 0 Å². The van der Waals surface area contributed by atoms with E-state index in [9.17, 15) is 4.79 Å². The van der Waals surface area contributed by atoms with Crippen LogP contribution in [0.15, 0.2) is 48.5 Å². The topological polar surface area (TPSA) is 47.6 Å². The lowest BCUT2D eigenvalue weighted by Crippen LogP contribution is -2.46. The largest absolute Gasteiger partial charge is 0.370 e. The van der Waals surface area contributed by atoms with Crippen LogP contribution >= 0.6 is 11.6 Å². The van der Waals surface area contributed by atoms with Gasteiger partial charge >= 0.3 is 6.03 Å². The zero-order valence-electron chi connectivity index (χ0n) is 18.2. The van der Waals surface area contributed by atoms with Crippen LogP contribution in [-0.2, 0) is 6.42 Å². The lowest BCUT2D eigenvalue weighted by Gasteiger charge is -2.33. The van der Waals surface area contributed by atoms with Gasteiger partial charge in [-0.3, -0.25) is 0 Å². The standard InChI is InChI=1S/C25H33ClN4O/c26-21-9-10-24(30-14-5-2-6-15-30)23(19-21)28-25(31)27-22-12-17-29(18-13-22)16-11-20-7-3-1-4-8-20/h1,3-4,7-10,19,22H,2,5-6,11-18H2,(H2,27,28,31). The molecule has 2 heterocycles. The molecule has 0 atom stereocenters. The van der Waals surface area contributed by atoms with E-state index < -0.39 is 0 Å². The second-order valence-electron chi connectivity index (χ2n) is 8.66. The number of anilines is 2. The van der Waals surface area contributed by atoms with Crippen LogP contribution in [0, 0.1) is 0 Å². The van der Waals surface area contributed by atoms with Crippen molar-refractivity contribution in [3.63, 3.8) is 0 Å². The monoisotopic (exact) mass is 440 g/mol. The van der Waals surface area contributed by atoms with Gasteiger partial charge in [0.2, 0.25) is 0 Å². The number of urea groups is 1. The van der Waals surface area contributed by atoms with E-state index in [4.69, 9.17) is 11.6 Å². The summed E-state index contributed by atoms with van der Waals surface area (Å²) in [5.74, 6) is 0. The van der Waals surface area contributed by atoms with Gasteiger partial charge in [0.25, 0.3) is 0 Å². The van der Waals surface area contributed by atoms with Gasteiger partial charge in [-0.25, -0.2) is 4.79 Å². The number of rotatable bonds is 6. The minimum Gasteiger partial charge on any atom is -0.370 e. The van der Waals surface area contributed by atoms with E-state index in [1.54, 1.807) is 0 Å². The SMILES string of the molecule is O=C(Nc1cc(Cl)ccc1N1CCCCC1)NC1CCN(CCc2ccccc2)CC1. The third kappa shape index (κ3) is 6.37. The smallest absolute Gasteiger partial charge is 0.319 e. The predicted molar refractivity (Wildman–Crippen MR) is 129 cm³/mol. The highest BCUT2D eigenvalue weighted by Crippen LogP contribution is 2.31. The number of halogens is 1.